The molecule has 4 rings (SSSR count). The number of hydrogen-bond acceptors (Lipinski definition) is 4. The van der Waals surface area contributed by atoms with E-state index in [1.54, 1.807) is 0 Å². The summed E-state index contributed by atoms with van der Waals surface area (Å²) < 4.78 is 7.94. The first-order chi connectivity index (χ1) is 11.7. The first kappa shape index (κ1) is 15.4. The molecule has 0 bridgehead atoms. The first-order valence-electron chi connectivity index (χ1n) is 8.16. The van der Waals surface area contributed by atoms with Crippen molar-refractivity contribution < 1.29 is 4.42 Å². The number of benzene rings is 1. The highest BCUT2D eigenvalue weighted by atomic mass is 35.5. The zero-order valence-corrected chi connectivity index (χ0v) is 14.3. The molecule has 1 aliphatic rings. The lowest BCUT2D eigenvalue weighted by Crippen LogP contribution is -2.37. The highest BCUT2D eigenvalue weighted by Crippen LogP contribution is 2.29. The largest absolute Gasteiger partial charge is 0.460 e. The van der Waals surface area contributed by atoms with E-state index in [1.807, 2.05) is 48.0 Å². The summed E-state index contributed by atoms with van der Waals surface area (Å²) in [6, 6.07) is 12.1. The quantitative estimate of drug-likeness (QED) is 0.787. The number of aryl methyl sites for hydroxylation is 2. The van der Waals surface area contributed by atoms with Crippen LogP contribution in [0.3, 0.4) is 0 Å². The minimum Gasteiger partial charge on any atom is -0.460 e. The molecule has 24 heavy (non-hydrogen) atoms. The summed E-state index contributed by atoms with van der Waals surface area (Å²) in [6.45, 7) is 3.49. The number of fused-ring (bicyclic) bond motifs is 1. The Bertz CT molecular complexity index is 854. The lowest BCUT2D eigenvalue weighted by molar-refractivity contribution is 0.345. The van der Waals surface area contributed by atoms with Gasteiger partial charge < -0.3 is 9.73 Å². The van der Waals surface area contributed by atoms with Gasteiger partial charge in [-0.3, -0.25) is 0 Å². The van der Waals surface area contributed by atoms with E-state index in [4.69, 9.17) is 16.0 Å². The predicted octanol–water partition coefficient (Wildman–Crippen LogP) is 3.60. The second-order valence-corrected chi connectivity index (χ2v) is 6.53. The van der Waals surface area contributed by atoms with Crippen LogP contribution in [0.2, 0.25) is 5.02 Å². The van der Waals surface area contributed by atoms with E-state index in [9.17, 15) is 0 Å². The van der Waals surface area contributed by atoms with E-state index < -0.39 is 0 Å². The van der Waals surface area contributed by atoms with Crippen LogP contribution in [0, 0.1) is 6.92 Å². The van der Waals surface area contributed by atoms with Crippen LogP contribution in [0.4, 0.5) is 0 Å². The van der Waals surface area contributed by atoms with Crippen molar-refractivity contribution in [2.75, 3.05) is 0 Å². The van der Waals surface area contributed by atoms with Gasteiger partial charge in [0.1, 0.15) is 23.2 Å². The molecule has 5 nitrogen and oxygen atoms in total. The van der Waals surface area contributed by atoms with Crippen molar-refractivity contribution in [3.8, 4) is 11.3 Å². The van der Waals surface area contributed by atoms with E-state index in [-0.39, 0.29) is 0 Å². The second-order valence-electron chi connectivity index (χ2n) is 6.12. The fraction of sp³-hybridized carbons (Fsp3) is 0.333. The van der Waals surface area contributed by atoms with E-state index in [1.165, 1.54) is 0 Å². The third-order valence-corrected chi connectivity index (χ3v) is 4.66. The molecule has 0 amide bonds. The summed E-state index contributed by atoms with van der Waals surface area (Å²) in [5, 5.41) is 8.69. The summed E-state index contributed by atoms with van der Waals surface area (Å²) in [5.41, 5.74) is 0.922. The van der Waals surface area contributed by atoms with Crippen LogP contribution in [0.25, 0.3) is 11.3 Å². The number of nitrogens with one attached hydrogen (secondary N) is 1. The average molecular weight is 343 g/mol. The summed E-state index contributed by atoms with van der Waals surface area (Å²) >= 11 is 6.23. The molecule has 6 heteroatoms. The van der Waals surface area contributed by atoms with E-state index in [0.717, 1.165) is 48.1 Å². The molecule has 0 spiro atoms. The molecule has 3 heterocycles. The Morgan fingerprint density at radius 1 is 1.29 bits per heavy atom. The van der Waals surface area contributed by atoms with Gasteiger partial charge in [0.15, 0.2) is 0 Å². The van der Waals surface area contributed by atoms with Crippen LogP contribution in [0.1, 0.15) is 23.8 Å². The van der Waals surface area contributed by atoms with Crippen LogP contribution in [0.15, 0.2) is 40.8 Å². The van der Waals surface area contributed by atoms with Gasteiger partial charge in [0.05, 0.1) is 18.1 Å². The number of rotatable bonds is 4. The maximum absolute atomic E-state index is 6.23. The number of nitrogens with zero attached hydrogens (tertiary/aromatic N) is 3. The van der Waals surface area contributed by atoms with Crippen molar-refractivity contribution in [1.82, 2.24) is 20.1 Å². The molecule has 3 aromatic rings. The summed E-state index contributed by atoms with van der Waals surface area (Å²) in [6.07, 6.45) is 2.03. The van der Waals surface area contributed by atoms with Crippen molar-refractivity contribution in [2.24, 2.45) is 0 Å². The molecule has 0 saturated heterocycles. The summed E-state index contributed by atoms with van der Waals surface area (Å²) in [5.74, 6) is 3.64. The first-order valence-corrected chi connectivity index (χ1v) is 8.54. The van der Waals surface area contributed by atoms with Gasteiger partial charge in [-0.15, -0.1) is 0 Å². The number of furan rings is 1. The molecule has 124 valence electrons. The molecule has 1 N–H and O–H groups in total. The van der Waals surface area contributed by atoms with Crippen molar-refractivity contribution in [2.45, 2.75) is 38.9 Å². The Balaban J connectivity index is 1.40. The average Bonchev–Trinajstić information content (AvgIpc) is 3.18. The standard InChI is InChI=1S/C18H19ClN4O/c1-12-21-18-9-6-13(11-23(18)22-12)20-10-14-7-8-17(24-14)15-4-2-3-5-16(15)19/h2-5,7-8,13,20H,6,9-11H2,1H3. The molecule has 0 saturated carbocycles. The topological polar surface area (TPSA) is 55.9 Å². The van der Waals surface area contributed by atoms with Gasteiger partial charge in [-0.2, -0.15) is 5.10 Å². The minimum absolute atomic E-state index is 0.382. The molecular formula is C18H19ClN4O. The van der Waals surface area contributed by atoms with Gasteiger partial charge in [-0.25, -0.2) is 9.67 Å². The molecule has 1 unspecified atom stereocenters. The van der Waals surface area contributed by atoms with E-state index in [0.29, 0.717) is 17.6 Å². The third kappa shape index (κ3) is 3.09. The highest BCUT2D eigenvalue weighted by Gasteiger charge is 2.20. The fourth-order valence-electron chi connectivity index (χ4n) is 3.12. The van der Waals surface area contributed by atoms with Gasteiger partial charge in [0, 0.05) is 18.0 Å². The molecule has 2 aromatic heterocycles. The van der Waals surface area contributed by atoms with Crippen LogP contribution in [-0.4, -0.2) is 20.8 Å². The summed E-state index contributed by atoms with van der Waals surface area (Å²) in [7, 11) is 0. The molecule has 1 aliphatic heterocycles. The molecular weight excluding hydrogens is 324 g/mol. The van der Waals surface area contributed by atoms with Gasteiger partial charge in [0.2, 0.25) is 0 Å². The van der Waals surface area contributed by atoms with Crippen molar-refractivity contribution in [3.05, 3.63) is 58.8 Å². The molecule has 0 fully saturated rings. The SMILES string of the molecule is Cc1nc2n(n1)CC(NCc1ccc(-c3ccccc3Cl)o1)CC2. The predicted molar refractivity (Wildman–Crippen MR) is 92.9 cm³/mol. The van der Waals surface area contributed by atoms with Crippen LogP contribution < -0.4 is 5.32 Å². The number of aromatic nitrogens is 3. The highest BCUT2D eigenvalue weighted by molar-refractivity contribution is 6.33. The van der Waals surface area contributed by atoms with Crippen molar-refractivity contribution >= 4 is 11.6 Å². The summed E-state index contributed by atoms with van der Waals surface area (Å²) in [4.78, 5) is 4.44. The van der Waals surface area contributed by atoms with Gasteiger partial charge in [-0.1, -0.05) is 23.7 Å². The normalized spacial score (nSPS) is 17.0. The second kappa shape index (κ2) is 6.42. The van der Waals surface area contributed by atoms with Crippen LogP contribution >= 0.6 is 11.6 Å². The zero-order chi connectivity index (χ0) is 16.5. The van der Waals surface area contributed by atoms with Gasteiger partial charge in [-0.05, 0) is 37.6 Å². The van der Waals surface area contributed by atoms with E-state index >= 15 is 0 Å². The Hall–Kier alpha value is -2.11. The third-order valence-electron chi connectivity index (χ3n) is 4.33. The number of hydrogen-bond donors (Lipinski definition) is 1. The maximum atomic E-state index is 6.23. The Kier molecular flexibility index (Phi) is 4.12. The van der Waals surface area contributed by atoms with Gasteiger partial charge >= 0.3 is 0 Å². The van der Waals surface area contributed by atoms with Crippen LogP contribution in [0.5, 0.6) is 0 Å². The lowest BCUT2D eigenvalue weighted by atomic mass is 10.1. The zero-order valence-electron chi connectivity index (χ0n) is 13.5. The Morgan fingerprint density at radius 3 is 3.04 bits per heavy atom. The van der Waals surface area contributed by atoms with Crippen molar-refractivity contribution in [1.29, 1.82) is 0 Å². The van der Waals surface area contributed by atoms with Crippen molar-refractivity contribution in [3.63, 3.8) is 0 Å². The maximum Gasteiger partial charge on any atom is 0.147 e. The Labute approximate surface area is 145 Å². The van der Waals surface area contributed by atoms with Gasteiger partial charge in [0.25, 0.3) is 0 Å². The van der Waals surface area contributed by atoms with E-state index in [2.05, 4.69) is 15.4 Å². The minimum atomic E-state index is 0.382. The lowest BCUT2D eigenvalue weighted by Gasteiger charge is -2.23. The Morgan fingerprint density at radius 2 is 2.17 bits per heavy atom. The monoisotopic (exact) mass is 342 g/mol. The molecule has 1 aromatic carbocycles. The fourth-order valence-corrected chi connectivity index (χ4v) is 3.35. The molecule has 0 aliphatic carbocycles. The molecule has 0 radical (unpaired) electrons. The smallest absolute Gasteiger partial charge is 0.147 e. The van der Waals surface area contributed by atoms with Crippen LogP contribution in [-0.2, 0) is 19.5 Å². The molecule has 1 atom stereocenters. The number of halogens is 1.